The van der Waals surface area contributed by atoms with E-state index in [0.717, 1.165) is 11.3 Å². The van der Waals surface area contributed by atoms with E-state index in [0.29, 0.717) is 17.7 Å². The van der Waals surface area contributed by atoms with Crippen LogP contribution < -0.4 is 10.6 Å². The van der Waals surface area contributed by atoms with Crippen molar-refractivity contribution in [3.05, 3.63) is 83.2 Å². The van der Waals surface area contributed by atoms with Crippen molar-refractivity contribution in [2.24, 2.45) is 0 Å². The van der Waals surface area contributed by atoms with E-state index < -0.39 is 5.82 Å². The zero-order valence-electron chi connectivity index (χ0n) is 19.9. The van der Waals surface area contributed by atoms with Crippen LogP contribution in [-0.2, 0) is 4.79 Å². The Morgan fingerprint density at radius 2 is 1.94 bits per heavy atom. The fraction of sp³-hybridized carbons (Fsp3) is 0.346. The number of rotatable bonds is 7. The Morgan fingerprint density at radius 3 is 2.59 bits per heavy atom. The molecule has 2 atom stereocenters. The molecule has 4 rings (SSSR count). The molecule has 0 bridgehead atoms. The highest BCUT2D eigenvalue weighted by molar-refractivity contribution is 7.80. The summed E-state index contributed by atoms with van der Waals surface area (Å²) < 4.78 is 16.3. The Balaban J connectivity index is 1.62. The predicted octanol–water partition coefficient (Wildman–Crippen LogP) is 5.22. The quantitative estimate of drug-likeness (QED) is 0.455. The second kappa shape index (κ2) is 9.93. The fourth-order valence-corrected chi connectivity index (χ4v) is 5.21. The van der Waals surface area contributed by atoms with Crippen molar-refractivity contribution in [3.8, 4) is 0 Å². The molecule has 6 nitrogen and oxygen atoms in total. The summed E-state index contributed by atoms with van der Waals surface area (Å²) >= 11 is 5.72. The lowest BCUT2D eigenvalue weighted by Gasteiger charge is -2.28. The van der Waals surface area contributed by atoms with Gasteiger partial charge < -0.3 is 20.1 Å². The Labute approximate surface area is 205 Å². The van der Waals surface area contributed by atoms with Crippen molar-refractivity contribution in [2.45, 2.75) is 52.2 Å². The summed E-state index contributed by atoms with van der Waals surface area (Å²) in [7, 11) is 0. The zero-order valence-corrected chi connectivity index (χ0v) is 20.7. The van der Waals surface area contributed by atoms with Crippen LogP contribution in [0.1, 0.15) is 61.0 Å². The number of nitrogens with one attached hydrogen (secondary N) is 2. The highest BCUT2D eigenvalue weighted by atomic mass is 32.1. The predicted molar refractivity (Wildman–Crippen MR) is 136 cm³/mol. The minimum absolute atomic E-state index is 0.123. The number of para-hydroxylation sites is 1. The summed E-state index contributed by atoms with van der Waals surface area (Å²) in [6.07, 6.45) is 1.95. The van der Waals surface area contributed by atoms with E-state index in [1.54, 1.807) is 24.4 Å². The van der Waals surface area contributed by atoms with E-state index in [2.05, 4.69) is 58.8 Å². The molecule has 1 amide bonds. The number of carbonyl (C=O) groups is 1. The third kappa shape index (κ3) is 4.68. The van der Waals surface area contributed by atoms with Crippen LogP contribution in [0.15, 0.2) is 54.7 Å². The number of hydrogen-bond donors (Lipinski definition) is 2. The topological polar surface area (TPSA) is 62.2 Å². The molecule has 0 unspecified atom stereocenters. The highest BCUT2D eigenvalue weighted by Crippen LogP contribution is 2.41. The molecule has 1 fully saturated rings. The van der Waals surface area contributed by atoms with Crippen LogP contribution in [-0.4, -0.2) is 32.0 Å². The number of amides is 1. The molecule has 1 aliphatic heterocycles. The molecule has 8 heteroatoms. The highest BCUT2D eigenvalue weighted by Gasteiger charge is 2.41. The fourth-order valence-electron chi connectivity index (χ4n) is 4.88. The number of thiocarbonyl (C=S) groups is 1. The maximum atomic E-state index is 14.0. The van der Waals surface area contributed by atoms with Gasteiger partial charge in [-0.15, -0.1) is 0 Å². The SMILES string of the molecule is Cc1cc([C@H]2[C@H](c3ccccn3)NC(=S)N2CCC(=O)Nc2ccccc2F)c(C)n1C(C)C. The van der Waals surface area contributed by atoms with Gasteiger partial charge in [-0.2, -0.15) is 0 Å². The van der Waals surface area contributed by atoms with Crippen LogP contribution in [0.25, 0.3) is 0 Å². The van der Waals surface area contributed by atoms with Crippen LogP contribution in [0.3, 0.4) is 0 Å². The molecule has 3 heterocycles. The monoisotopic (exact) mass is 479 g/mol. The summed E-state index contributed by atoms with van der Waals surface area (Å²) in [5.41, 5.74) is 4.58. The third-order valence-corrected chi connectivity index (χ3v) is 6.64. The zero-order chi connectivity index (χ0) is 24.4. The molecule has 0 saturated carbocycles. The van der Waals surface area contributed by atoms with E-state index in [1.165, 1.54) is 17.5 Å². The number of nitrogens with zero attached hydrogens (tertiary/aromatic N) is 3. The summed E-state index contributed by atoms with van der Waals surface area (Å²) in [5.74, 6) is -0.719. The van der Waals surface area contributed by atoms with E-state index in [4.69, 9.17) is 12.2 Å². The van der Waals surface area contributed by atoms with Crippen LogP contribution >= 0.6 is 12.2 Å². The normalized spacial score (nSPS) is 17.8. The maximum absolute atomic E-state index is 14.0. The Kier molecular flexibility index (Phi) is 6.97. The van der Waals surface area contributed by atoms with Crippen LogP contribution in [0, 0.1) is 19.7 Å². The van der Waals surface area contributed by atoms with Crippen molar-refractivity contribution in [1.82, 2.24) is 19.8 Å². The maximum Gasteiger partial charge on any atom is 0.226 e. The van der Waals surface area contributed by atoms with Gasteiger partial charge in [0, 0.05) is 36.6 Å². The molecular weight excluding hydrogens is 449 g/mol. The van der Waals surface area contributed by atoms with Crippen LogP contribution in [0.4, 0.5) is 10.1 Å². The van der Waals surface area contributed by atoms with Crippen molar-refractivity contribution >= 4 is 28.9 Å². The number of pyridine rings is 1. The summed E-state index contributed by atoms with van der Waals surface area (Å²) in [5, 5.41) is 6.67. The first kappa shape index (κ1) is 23.9. The van der Waals surface area contributed by atoms with Gasteiger partial charge in [-0.1, -0.05) is 18.2 Å². The van der Waals surface area contributed by atoms with E-state index in [-0.39, 0.29) is 30.1 Å². The number of hydrogen-bond acceptors (Lipinski definition) is 3. The van der Waals surface area contributed by atoms with Gasteiger partial charge in [0.15, 0.2) is 5.11 Å². The van der Waals surface area contributed by atoms with Crippen molar-refractivity contribution in [1.29, 1.82) is 0 Å². The molecule has 3 aromatic rings. The van der Waals surface area contributed by atoms with Gasteiger partial charge in [0.2, 0.25) is 5.91 Å². The number of anilines is 1. The third-order valence-electron chi connectivity index (χ3n) is 6.28. The summed E-state index contributed by atoms with van der Waals surface area (Å²) in [6.45, 7) is 8.97. The summed E-state index contributed by atoms with van der Waals surface area (Å²) in [4.78, 5) is 19.3. The first-order chi connectivity index (χ1) is 16.3. The molecule has 1 aromatic carbocycles. The first-order valence-corrected chi connectivity index (χ1v) is 11.9. The Bertz CT molecular complexity index is 1190. The molecule has 2 aromatic heterocycles. The molecule has 0 spiro atoms. The van der Waals surface area contributed by atoms with Crippen molar-refractivity contribution in [3.63, 3.8) is 0 Å². The average Bonchev–Trinajstić information content (AvgIpc) is 3.29. The number of aryl methyl sites for hydroxylation is 1. The van der Waals surface area contributed by atoms with Gasteiger partial charge in [0.25, 0.3) is 0 Å². The van der Waals surface area contributed by atoms with Crippen LogP contribution in [0.2, 0.25) is 0 Å². The molecule has 1 aliphatic rings. The van der Waals surface area contributed by atoms with Gasteiger partial charge >= 0.3 is 0 Å². The van der Waals surface area contributed by atoms with Crippen LogP contribution in [0.5, 0.6) is 0 Å². The Hall–Kier alpha value is -3.26. The van der Waals surface area contributed by atoms with E-state index in [1.807, 2.05) is 18.2 Å². The van der Waals surface area contributed by atoms with E-state index >= 15 is 0 Å². The standard InChI is InChI=1S/C26H30FN5OS/c1-16(2)32-17(3)15-19(18(32)4)25-24(22-11-7-8-13-28-22)30-26(34)31(25)14-12-23(33)29-21-10-6-5-9-20(21)27/h5-11,13,15-16,24-25H,12,14H2,1-4H3,(H,29,33)(H,30,34)/t24-,25-/m0/s1. The smallest absolute Gasteiger partial charge is 0.226 e. The molecule has 178 valence electrons. The van der Waals surface area contributed by atoms with E-state index in [9.17, 15) is 9.18 Å². The largest absolute Gasteiger partial charge is 0.352 e. The second-order valence-electron chi connectivity index (χ2n) is 8.89. The molecule has 1 saturated heterocycles. The molecule has 0 aliphatic carbocycles. The van der Waals surface area contributed by atoms with Crippen molar-refractivity contribution in [2.75, 3.05) is 11.9 Å². The molecule has 0 radical (unpaired) electrons. The lowest BCUT2D eigenvalue weighted by atomic mass is 9.96. The lowest BCUT2D eigenvalue weighted by Crippen LogP contribution is -2.33. The Morgan fingerprint density at radius 1 is 1.21 bits per heavy atom. The van der Waals surface area contributed by atoms with Gasteiger partial charge in [0.05, 0.1) is 23.5 Å². The number of aromatic nitrogens is 2. The minimum Gasteiger partial charge on any atom is -0.352 e. The van der Waals surface area contributed by atoms with Gasteiger partial charge in [0.1, 0.15) is 5.82 Å². The minimum atomic E-state index is -0.455. The lowest BCUT2D eigenvalue weighted by molar-refractivity contribution is -0.116. The number of benzene rings is 1. The molecule has 2 N–H and O–H groups in total. The van der Waals surface area contributed by atoms with Crippen molar-refractivity contribution < 1.29 is 9.18 Å². The number of halogens is 1. The summed E-state index contributed by atoms with van der Waals surface area (Å²) in [6, 6.07) is 14.3. The molecular formula is C26H30FN5OS. The average molecular weight is 480 g/mol. The van der Waals surface area contributed by atoms with Gasteiger partial charge in [-0.3, -0.25) is 9.78 Å². The van der Waals surface area contributed by atoms with Gasteiger partial charge in [-0.25, -0.2) is 4.39 Å². The number of carbonyl (C=O) groups excluding carboxylic acids is 1. The first-order valence-electron chi connectivity index (χ1n) is 11.5. The molecule has 34 heavy (non-hydrogen) atoms. The second-order valence-corrected chi connectivity index (χ2v) is 9.27. The van der Waals surface area contributed by atoms with Gasteiger partial charge in [-0.05, 0) is 75.8 Å².